The van der Waals surface area contributed by atoms with Gasteiger partial charge in [0.2, 0.25) is 10.0 Å². The molecular weight excluding hydrogens is 315 g/mol. The van der Waals surface area contributed by atoms with E-state index in [1.54, 1.807) is 0 Å². The van der Waals surface area contributed by atoms with Gasteiger partial charge in [0.1, 0.15) is 5.82 Å². The van der Waals surface area contributed by atoms with Crippen molar-refractivity contribution in [2.24, 2.45) is 5.92 Å². The highest BCUT2D eigenvalue weighted by Crippen LogP contribution is 2.27. The molecular formula is C14H20ClFN2O2S. The Bertz CT molecular complexity index is 587. The number of halogens is 2. The fourth-order valence-electron chi connectivity index (χ4n) is 2.57. The lowest BCUT2D eigenvalue weighted by atomic mass is 9.95. The molecule has 0 aliphatic carbocycles. The zero-order chi connectivity index (χ0) is 15.5. The van der Waals surface area contributed by atoms with Gasteiger partial charge in [0.25, 0.3) is 0 Å². The molecule has 1 saturated heterocycles. The highest BCUT2D eigenvalue weighted by Gasteiger charge is 2.29. The van der Waals surface area contributed by atoms with Crippen molar-refractivity contribution in [3.8, 4) is 0 Å². The van der Waals surface area contributed by atoms with Crippen LogP contribution in [0.2, 0.25) is 5.02 Å². The molecule has 1 aromatic rings. The van der Waals surface area contributed by atoms with Gasteiger partial charge in [-0.1, -0.05) is 11.6 Å². The normalized spacial score (nSPS) is 18.0. The first kappa shape index (κ1) is 16.7. The molecule has 0 bridgehead atoms. The summed E-state index contributed by atoms with van der Waals surface area (Å²) in [4.78, 5) is 0.0579. The molecule has 2 rings (SSSR count). The van der Waals surface area contributed by atoms with Gasteiger partial charge in [0.05, 0.1) is 9.92 Å². The molecule has 1 fully saturated rings. The van der Waals surface area contributed by atoms with Crippen molar-refractivity contribution < 1.29 is 12.8 Å². The van der Waals surface area contributed by atoms with Crippen molar-refractivity contribution >= 4 is 21.6 Å². The zero-order valence-corrected chi connectivity index (χ0v) is 13.6. The van der Waals surface area contributed by atoms with Gasteiger partial charge in [-0.05, 0) is 57.0 Å². The van der Waals surface area contributed by atoms with Crippen LogP contribution in [0.15, 0.2) is 23.1 Å². The first-order valence-corrected chi connectivity index (χ1v) is 8.86. The van der Waals surface area contributed by atoms with Crippen molar-refractivity contribution in [2.45, 2.75) is 24.2 Å². The van der Waals surface area contributed by atoms with E-state index in [1.165, 1.54) is 16.4 Å². The fraction of sp³-hybridized carbons (Fsp3) is 0.571. The third-order valence-corrected chi connectivity index (χ3v) is 6.09. The predicted molar refractivity (Wildman–Crippen MR) is 81.4 cm³/mol. The highest BCUT2D eigenvalue weighted by molar-refractivity contribution is 7.89. The van der Waals surface area contributed by atoms with Crippen molar-refractivity contribution in [2.75, 3.05) is 26.7 Å². The van der Waals surface area contributed by atoms with Crippen LogP contribution in [0.4, 0.5) is 4.39 Å². The molecule has 0 radical (unpaired) electrons. The van der Waals surface area contributed by atoms with Gasteiger partial charge < -0.3 is 5.32 Å². The Hall–Kier alpha value is -0.690. The summed E-state index contributed by atoms with van der Waals surface area (Å²) in [6.45, 7) is 1.96. The molecule has 0 atom stereocenters. The average molecular weight is 335 g/mol. The summed E-state index contributed by atoms with van der Waals surface area (Å²) in [5, 5.41) is 2.95. The lowest BCUT2D eigenvalue weighted by Gasteiger charge is -2.31. The van der Waals surface area contributed by atoms with E-state index in [2.05, 4.69) is 5.32 Å². The maximum absolute atomic E-state index is 13.2. The minimum atomic E-state index is -3.58. The summed E-state index contributed by atoms with van der Waals surface area (Å²) in [6, 6.07) is 3.54. The van der Waals surface area contributed by atoms with Crippen LogP contribution >= 0.6 is 11.6 Å². The Morgan fingerprint density at radius 2 is 2.05 bits per heavy atom. The van der Waals surface area contributed by atoms with Gasteiger partial charge in [-0.2, -0.15) is 4.31 Å². The molecule has 21 heavy (non-hydrogen) atoms. The van der Waals surface area contributed by atoms with E-state index < -0.39 is 15.8 Å². The summed E-state index contributed by atoms with van der Waals surface area (Å²) in [5.41, 5.74) is 0. The van der Waals surface area contributed by atoms with Gasteiger partial charge in [-0.25, -0.2) is 12.8 Å². The van der Waals surface area contributed by atoms with Gasteiger partial charge in [0, 0.05) is 13.1 Å². The predicted octanol–water partition coefficient (Wildman–Crippen LogP) is 2.49. The number of sulfonamides is 1. The number of nitrogens with one attached hydrogen (secondary N) is 1. The quantitative estimate of drug-likeness (QED) is 0.900. The van der Waals surface area contributed by atoms with E-state index in [9.17, 15) is 12.8 Å². The maximum atomic E-state index is 13.2. The van der Waals surface area contributed by atoms with Crippen LogP contribution in [-0.4, -0.2) is 39.4 Å². The minimum Gasteiger partial charge on any atom is -0.320 e. The van der Waals surface area contributed by atoms with Crippen LogP contribution < -0.4 is 5.32 Å². The second-order valence-electron chi connectivity index (χ2n) is 5.32. The molecule has 1 N–H and O–H groups in total. The van der Waals surface area contributed by atoms with Crippen molar-refractivity contribution in [1.29, 1.82) is 0 Å². The molecule has 1 aliphatic heterocycles. The van der Waals surface area contributed by atoms with E-state index in [1.807, 2.05) is 7.05 Å². The maximum Gasteiger partial charge on any atom is 0.243 e. The van der Waals surface area contributed by atoms with E-state index in [-0.39, 0.29) is 9.92 Å². The smallest absolute Gasteiger partial charge is 0.243 e. The topological polar surface area (TPSA) is 49.4 Å². The summed E-state index contributed by atoms with van der Waals surface area (Å²) >= 11 is 5.67. The van der Waals surface area contributed by atoms with Crippen LogP contribution in [-0.2, 0) is 10.0 Å². The Balaban J connectivity index is 2.06. The summed E-state index contributed by atoms with van der Waals surface area (Å²) < 4.78 is 39.6. The van der Waals surface area contributed by atoms with Crippen LogP contribution in [0.25, 0.3) is 0 Å². The van der Waals surface area contributed by atoms with Gasteiger partial charge in [0.15, 0.2) is 0 Å². The van der Waals surface area contributed by atoms with Crippen molar-refractivity contribution in [1.82, 2.24) is 9.62 Å². The summed E-state index contributed by atoms with van der Waals surface area (Å²) in [6.07, 6.45) is 2.78. The number of rotatable bonds is 5. The minimum absolute atomic E-state index is 0.0579. The molecule has 7 heteroatoms. The molecule has 1 heterocycles. The molecule has 1 aliphatic rings. The van der Waals surface area contributed by atoms with Crippen LogP contribution in [0.3, 0.4) is 0 Å². The largest absolute Gasteiger partial charge is 0.320 e. The number of nitrogens with zero attached hydrogens (tertiary/aromatic N) is 1. The molecule has 0 amide bonds. The molecule has 4 nitrogen and oxygen atoms in total. The molecule has 0 aromatic heterocycles. The first-order valence-electron chi connectivity index (χ1n) is 7.05. The lowest BCUT2D eigenvalue weighted by Crippen LogP contribution is -2.38. The number of piperidine rings is 1. The molecule has 0 unspecified atom stereocenters. The van der Waals surface area contributed by atoms with E-state index in [0.29, 0.717) is 19.0 Å². The van der Waals surface area contributed by atoms with Crippen molar-refractivity contribution in [3.63, 3.8) is 0 Å². The lowest BCUT2D eigenvalue weighted by molar-refractivity contribution is 0.263. The molecule has 0 spiro atoms. The van der Waals surface area contributed by atoms with E-state index >= 15 is 0 Å². The molecule has 0 saturated carbocycles. The fourth-order valence-corrected chi connectivity index (χ4v) is 4.31. The van der Waals surface area contributed by atoms with E-state index in [4.69, 9.17) is 11.6 Å². The molecule has 118 valence electrons. The monoisotopic (exact) mass is 334 g/mol. The second kappa shape index (κ2) is 7.05. The molecule has 1 aromatic carbocycles. The third kappa shape index (κ3) is 3.94. The number of hydrogen-bond donors (Lipinski definition) is 1. The Kier molecular flexibility index (Phi) is 5.60. The third-order valence-electron chi connectivity index (χ3n) is 3.90. The van der Waals surface area contributed by atoms with Crippen molar-refractivity contribution in [3.05, 3.63) is 29.0 Å². The Labute approximate surface area is 130 Å². The summed E-state index contributed by atoms with van der Waals surface area (Å²) in [5.74, 6) is -0.0536. The second-order valence-corrected chi connectivity index (χ2v) is 7.66. The van der Waals surface area contributed by atoms with E-state index in [0.717, 1.165) is 31.9 Å². The van der Waals surface area contributed by atoms with Gasteiger partial charge >= 0.3 is 0 Å². The standard InChI is InChI=1S/C14H20ClFN2O2S/c1-17-7-4-11-5-8-18(9-6-11)21(19,20)12-2-3-14(16)13(15)10-12/h2-3,10-11,17H,4-9H2,1H3. The van der Waals surface area contributed by atoms with Crippen LogP contribution in [0, 0.1) is 11.7 Å². The average Bonchev–Trinajstić information content (AvgIpc) is 2.48. The Morgan fingerprint density at radius 3 is 2.62 bits per heavy atom. The van der Waals surface area contributed by atoms with Crippen LogP contribution in [0.1, 0.15) is 19.3 Å². The number of hydrogen-bond acceptors (Lipinski definition) is 3. The van der Waals surface area contributed by atoms with Crippen LogP contribution in [0.5, 0.6) is 0 Å². The van der Waals surface area contributed by atoms with Gasteiger partial charge in [-0.3, -0.25) is 0 Å². The van der Waals surface area contributed by atoms with Gasteiger partial charge in [-0.15, -0.1) is 0 Å². The SMILES string of the molecule is CNCCC1CCN(S(=O)(=O)c2ccc(F)c(Cl)c2)CC1. The Morgan fingerprint density at radius 1 is 1.38 bits per heavy atom. The summed E-state index contributed by atoms with van der Waals surface area (Å²) in [7, 11) is -1.66. The highest BCUT2D eigenvalue weighted by atomic mass is 35.5. The first-order chi connectivity index (χ1) is 9.95. The number of benzene rings is 1. The zero-order valence-electron chi connectivity index (χ0n) is 12.0.